The van der Waals surface area contributed by atoms with E-state index in [1.54, 1.807) is 17.0 Å². The van der Waals surface area contributed by atoms with Crippen LogP contribution in [0.2, 0.25) is 0 Å². The summed E-state index contributed by atoms with van der Waals surface area (Å²) in [5.74, 6) is 0.408. The maximum atomic E-state index is 13.1. The summed E-state index contributed by atoms with van der Waals surface area (Å²) >= 11 is 0. The Bertz CT molecular complexity index is 502. The van der Waals surface area contributed by atoms with Crippen molar-refractivity contribution < 1.29 is 4.39 Å². The number of hydrogen-bond donors (Lipinski definition) is 2. The van der Waals surface area contributed by atoms with Gasteiger partial charge >= 0.3 is 0 Å². The third-order valence-electron chi connectivity index (χ3n) is 2.44. The molecule has 1 aromatic carbocycles. The highest BCUT2D eigenvalue weighted by atomic mass is 19.1. The molecule has 1 atom stereocenters. The van der Waals surface area contributed by atoms with Gasteiger partial charge in [-0.15, -0.1) is 10.2 Å². The Morgan fingerprint density at radius 3 is 2.76 bits per heavy atom. The van der Waals surface area contributed by atoms with Crippen LogP contribution in [-0.4, -0.2) is 14.8 Å². The summed E-state index contributed by atoms with van der Waals surface area (Å²) in [7, 11) is 1.85. The first-order chi connectivity index (χ1) is 8.06. The summed E-state index contributed by atoms with van der Waals surface area (Å²) in [5, 5.41) is 10.9. The molecule has 0 fully saturated rings. The third kappa shape index (κ3) is 2.52. The molecule has 2 rings (SSSR count). The van der Waals surface area contributed by atoms with Crippen LogP contribution in [0.15, 0.2) is 24.5 Å². The second-order valence-electron chi connectivity index (χ2n) is 3.94. The third-order valence-corrected chi connectivity index (χ3v) is 2.44. The molecule has 1 aromatic heterocycles. The highest BCUT2D eigenvalue weighted by Gasteiger charge is 2.11. The lowest BCUT2D eigenvalue weighted by molar-refractivity contribution is 0.628. The first kappa shape index (κ1) is 11.4. The molecule has 3 N–H and O–H groups in total. The molecule has 2 aromatic rings. The van der Waals surface area contributed by atoms with E-state index in [1.165, 1.54) is 12.1 Å². The fraction of sp³-hybridized carbons (Fsp3) is 0.273. The first-order valence-electron chi connectivity index (χ1n) is 5.23. The largest absolute Gasteiger partial charge is 0.399 e. The summed E-state index contributed by atoms with van der Waals surface area (Å²) < 4.78 is 15.0. The number of nitrogen functional groups attached to an aromatic ring is 1. The van der Waals surface area contributed by atoms with Crippen molar-refractivity contribution in [1.82, 2.24) is 14.8 Å². The van der Waals surface area contributed by atoms with Crippen LogP contribution in [0, 0.1) is 5.82 Å². The second kappa shape index (κ2) is 4.40. The van der Waals surface area contributed by atoms with Crippen molar-refractivity contribution in [3.63, 3.8) is 0 Å². The summed E-state index contributed by atoms with van der Waals surface area (Å²) in [6.07, 6.45) is 1.62. The van der Waals surface area contributed by atoms with Crippen molar-refractivity contribution in [1.29, 1.82) is 0 Å². The van der Waals surface area contributed by atoms with Crippen LogP contribution in [-0.2, 0) is 7.05 Å². The molecule has 0 aliphatic heterocycles. The molecule has 0 saturated heterocycles. The predicted molar refractivity (Wildman–Crippen MR) is 63.9 cm³/mol. The molecule has 0 aliphatic rings. The lowest BCUT2D eigenvalue weighted by Gasteiger charge is -2.14. The lowest BCUT2D eigenvalue weighted by Crippen LogP contribution is -2.12. The second-order valence-corrected chi connectivity index (χ2v) is 3.94. The number of halogens is 1. The average Bonchev–Trinajstić information content (AvgIpc) is 2.62. The van der Waals surface area contributed by atoms with E-state index in [1.807, 2.05) is 14.0 Å². The van der Waals surface area contributed by atoms with Gasteiger partial charge in [0.2, 0.25) is 0 Å². The van der Waals surface area contributed by atoms with Crippen LogP contribution >= 0.6 is 0 Å². The highest BCUT2D eigenvalue weighted by Crippen LogP contribution is 2.20. The normalized spacial score (nSPS) is 12.4. The molecule has 0 bridgehead atoms. The number of hydrogen-bond acceptors (Lipinski definition) is 4. The Kier molecular flexibility index (Phi) is 2.95. The van der Waals surface area contributed by atoms with E-state index in [9.17, 15) is 4.39 Å². The number of benzene rings is 1. The van der Waals surface area contributed by atoms with Crippen molar-refractivity contribution in [2.24, 2.45) is 7.05 Å². The van der Waals surface area contributed by atoms with Gasteiger partial charge in [0.05, 0.1) is 6.04 Å². The van der Waals surface area contributed by atoms with Crippen molar-refractivity contribution >= 4 is 11.4 Å². The van der Waals surface area contributed by atoms with Gasteiger partial charge in [-0.05, 0) is 25.1 Å². The first-order valence-corrected chi connectivity index (χ1v) is 5.23. The van der Waals surface area contributed by atoms with E-state index in [0.717, 1.165) is 5.82 Å². The smallest absolute Gasteiger partial charge is 0.154 e. The minimum atomic E-state index is -0.363. The Morgan fingerprint density at radius 1 is 1.41 bits per heavy atom. The molecule has 0 saturated carbocycles. The van der Waals surface area contributed by atoms with Gasteiger partial charge in [-0.3, -0.25) is 0 Å². The fourth-order valence-electron chi connectivity index (χ4n) is 1.69. The summed E-state index contributed by atoms with van der Waals surface area (Å²) in [6, 6.07) is 4.26. The van der Waals surface area contributed by atoms with Gasteiger partial charge in [-0.2, -0.15) is 0 Å². The highest BCUT2D eigenvalue weighted by molar-refractivity contribution is 5.55. The van der Waals surface area contributed by atoms with Crippen LogP contribution in [0.4, 0.5) is 15.8 Å². The van der Waals surface area contributed by atoms with Gasteiger partial charge < -0.3 is 15.6 Å². The van der Waals surface area contributed by atoms with Gasteiger partial charge in [0, 0.05) is 18.4 Å². The van der Waals surface area contributed by atoms with Gasteiger partial charge in [-0.1, -0.05) is 0 Å². The molecule has 1 unspecified atom stereocenters. The number of aryl methyl sites for hydroxylation is 1. The molecule has 6 heteroatoms. The van der Waals surface area contributed by atoms with Gasteiger partial charge in [-0.25, -0.2) is 4.39 Å². The number of nitrogens with zero attached hydrogens (tertiary/aromatic N) is 3. The van der Waals surface area contributed by atoms with Gasteiger partial charge in [0.1, 0.15) is 12.1 Å². The maximum absolute atomic E-state index is 13.1. The Balaban J connectivity index is 2.18. The van der Waals surface area contributed by atoms with Crippen LogP contribution in [0.5, 0.6) is 0 Å². The molecule has 0 amide bonds. The minimum Gasteiger partial charge on any atom is -0.399 e. The number of nitrogens with two attached hydrogens (primary N) is 1. The zero-order valence-corrected chi connectivity index (χ0v) is 9.68. The summed E-state index contributed by atoms with van der Waals surface area (Å²) in [4.78, 5) is 0. The molecule has 1 heterocycles. The van der Waals surface area contributed by atoms with Crippen molar-refractivity contribution in [3.05, 3.63) is 36.2 Å². The van der Waals surface area contributed by atoms with E-state index in [4.69, 9.17) is 5.73 Å². The van der Waals surface area contributed by atoms with Crippen molar-refractivity contribution in [2.45, 2.75) is 13.0 Å². The minimum absolute atomic E-state index is 0.0799. The number of rotatable bonds is 3. The predicted octanol–water partition coefficient (Wildman–Crippen LogP) is 1.71. The molecule has 0 radical (unpaired) electrons. The maximum Gasteiger partial charge on any atom is 0.154 e. The molecule has 90 valence electrons. The average molecular weight is 235 g/mol. The van der Waals surface area contributed by atoms with Crippen LogP contribution in [0.25, 0.3) is 0 Å². The van der Waals surface area contributed by atoms with E-state index in [2.05, 4.69) is 15.5 Å². The van der Waals surface area contributed by atoms with E-state index < -0.39 is 0 Å². The number of aromatic nitrogens is 3. The lowest BCUT2D eigenvalue weighted by atomic mass is 10.2. The molecule has 5 nitrogen and oxygen atoms in total. The number of anilines is 2. The molecule has 0 aliphatic carbocycles. The monoisotopic (exact) mass is 235 g/mol. The Labute approximate surface area is 98.5 Å². The topological polar surface area (TPSA) is 68.8 Å². The summed E-state index contributed by atoms with van der Waals surface area (Å²) in [6.45, 7) is 1.92. The number of nitrogens with one attached hydrogen (secondary N) is 1. The van der Waals surface area contributed by atoms with E-state index in [-0.39, 0.29) is 11.9 Å². The van der Waals surface area contributed by atoms with Crippen LogP contribution in [0.1, 0.15) is 18.8 Å². The SMILES string of the molecule is CC(Nc1cc(N)cc(F)c1)c1nncn1C. The molecule has 17 heavy (non-hydrogen) atoms. The van der Waals surface area contributed by atoms with Crippen molar-refractivity contribution in [2.75, 3.05) is 11.1 Å². The van der Waals surface area contributed by atoms with Gasteiger partial charge in [0.25, 0.3) is 0 Å². The van der Waals surface area contributed by atoms with Crippen LogP contribution in [0.3, 0.4) is 0 Å². The zero-order chi connectivity index (χ0) is 12.4. The van der Waals surface area contributed by atoms with Crippen LogP contribution < -0.4 is 11.1 Å². The van der Waals surface area contributed by atoms with Gasteiger partial charge in [0.15, 0.2) is 5.82 Å². The quantitative estimate of drug-likeness (QED) is 0.795. The Morgan fingerprint density at radius 2 is 2.18 bits per heavy atom. The Hall–Kier alpha value is -2.11. The van der Waals surface area contributed by atoms with E-state index >= 15 is 0 Å². The van der Waals surface area contributed by atoms with E-state index in [0.29, 0.717) is 11.4 Å². The summed E-state index contributed by atoms with van der Waals surface area (Å²) in [5.41, 5.74) is 6.58. The van der Waals surface area contributed by atoms with Crippen molar-refractivity contribution in [3.8, 4) is 0 Å². The molecular formula is C11H14FN5. The fourth-order valence-corrected chi connectivity index (χ4v) is 1.69. The molecule has 0 spiro atoms. The standard InChI is InChI=1S/C11H14FN5/c1-7(11-16-14-6-17(11)2)15-10-4-8(12)3-9(13)5-10/h3-7,15H,13H2,1-2H3. The molecular weight excluding hydrogens is 221 g/mol. The zero-order valence-electron chi connectivity index (χ0n) is 9.68.